The number of carbonyl (C=O) groups excluding carboxylic acids is 1. The van der Waals surface area contributed by atoms with E-state index in [0.717, 1.165) is 0 Å². The van der Waals surface area contributed by atoms with Crippen LogP contribution in [0.1, 0.15) is 25.3 Å². The average molecular weight is 455 g/mol. The predicted octanol–water partition coefficient (Wildman–Crippen LogP) is 2.43. The van der Waals surface area contributed by atoms with Crippen LogP contribution in [-0.2, 0) is 30.8 Å². The lowest BCUT2D eigenvalue weighted by molar-refractivity contribution is -0.139. The molecule has 1 aromatic heterocycles. The number of rotatable bonds is 13. The van der Waals surface area contributed by atoms with E-state index in [1.165, 1.54) is 0 Å². The molecule has 1 N–H and O–H groups in total. The predicted molar refractivity (Wildman–Crippen MR) is 117 cm³/mol. The molecule has 0 unspecified atom stereocenters. The van der Waals surface area contributed by atoms with Gasteiger partial charge < -0.3 is 28.7 Å². The van der Waals surface area contributed by atoms with Gasteiger partial charge in [-0.2, -0.15) is 0 Å². The molecule has 0 aliphatic carbocycles. The van der Waals surface area contributed by atoms with Gasteiger partial charge in [-0.15, -0.1) is 0 Å². The summed E-state index contributed by atoms with van der Waals surface area (Å²) in [4.78, 5) is 16.6. The Morgan fingerprint density at radius 3 is 2.45 bits per heavy atom. The van der Waals surface area contributed by atoms with E-state index in [1.807, 2.05) is 13.8 Å². The molecule has 0 radical (unpaired) electrons. The monoisotopic (exact) mass is 454 g/mol. The highest BCUT2D eigenvalue weighted by Gasteiger charge is 2.18. The topological polar surface area (TPSA) is 109 Å². The van der Waals surface area contributed by atoms with Gasteiger partial charge >= 0.3 is 0 Å². The van der Waals surface area contributed by atoms with Gasteiger partial charge in [0.1, 0.15) is 11.5 Å². The van der Waals surface area contributed by atoms with Crippen LogP contribution < -0.4 is 14.8 Å². The van der Waals surface area contributed by atoms with Crippen LogP contribution in [0.5, 0.6) is 11.5 Å². The third kappa shape index (κ3) is 7.34. The van der Waals surface area contributed by atoms with Crippen molar-refractivity contribution in [1.29, 1.82) is 0 Å². The Morgan fingerprint density at radius 1 is 1.16 bits per heavy atom. The van der Waals surface area contributed by atoms with Crippen molar-refractivity contribution >= 4 is 16.7 Å². The lowest BCUT2D eigenvalue weighted by Gasteiger charge is -2.17. The zero-order chi connectivity index (χ0) is 22.8. The molecule has 0 aliphatic rings. The van der Waals surface area contributed by atoms with E-state index >= 15 is 0 Å². The van der Waals surface area contributed by atoms with E-state index in [-0.39, 0.29) is 24.0 Å². The molecule has 9 nitrogen and oxygen atoms in total. The van der Waals surface area contributed by atoms with Crippen LogP contribution in [0, 0.1) is 6.92 Å². The lowest BCUT2D eigenvalue weighted by atomic mass is 10.2. The standard InChI is InChI=1S/C21H30N2O7S/c1-6-28-20(29-7-2)11-22-19(24)13-31(25)12-16-14(3)30-21(23-16)15-8-9-17(26-4)18(10-15)27-5/h8-10,20H,6-7,11-13H2,1-5H3,(H,22,24)/t31-/m1/s1. The third-order valence-corrected chi connectivity index (χ3v) is 5.46. The fourth-order valence-corrected chi connectivity index (χ4v) is 3.86. The highest BCUT2D eigenvalue weighted by Crippen LogP contribution is 2.32. The summed E-state index contributed by atoms with van der Waals surface area (Å²) in [5.74, 6) is 1.69. The number of nitrogens with one attached hydrogen (secondary N) is 1. The molecule has 0 bridgehead atoms. The summed E-state index contributed by atoms with van der Waals surface area (Å²) in [6, 6.07) is 5.31. The number of nitrogens with zero attached hydrogens (tertiary/aromatic N) is 1. The molecule has 172 valence electrons. The fourth-order valence-electron chi connectivity index (χ4n) is 2.79. The van der Waals surface area contributed by atoms with Crippen molar-refractivity contribution in [3.8, 4) is 23.0 Å². The molecule has 1 atom stereocenters. The van der Waals surface area contributed by atoms with Gasteiger partial charge in [-0.1, -0.05) is 0 Å². The van der Waals surface area contributed by atoms with Gasteiger partial charge in [-0.25, -0.2) is 4.98 Å². The summed E-state index contributed by atoms with van der Waals surface area (Å²) in [5, 5.41) is 2.69. The Morgan fingerprint density at radius 2 is 1.84 bits per heavy atom. The Balaban J connectivity index is 1.97. The normalized spacial score (nSPS) is 12.1. The number of amides is 1. The first-order valence-electron chi connectivity index (χ1n) is 9.95. The minimum Gasteiger partial charge on any atom is -0.493 e. The second kappa shape index (κ2) is 12.4. The van der Waals surface area contributed by atoms with Gasteiger partial charge in [-0.3, -0.25) is 9.00 Å². The number of aromatic nitrogens is 1. The summed E-state index contributed by atoms with van der Waals surface area (Å²) in [7, 11) is 1.66. The van der Waals surface area contributed by atoms with Gasteiger partial charge in [0.25, 0.3) is 0 Å². The van der Waals surface area contributed by atoms with Gasteiger partial charge in [0, 0.05) is 29.6 Å². The minimum atomic E-state index is -1.45. The first-order valence-corrected chi connectivity index (χ1v) is 11.4. The number of methoxy groups -OCH3 is 2. The molecule has 0 saturated heterocycles. The molecule has 0 aliphatic heterocycles. The number of carbonyl (C=O) groups is 1. The lowest BCUT2D eigenvalue weighted by Crippen LogP contribution is -2.37. The van der Waals surface area contributed by atoms with E-state index < -0.39 is 17.1 Å². The molecule has 1 amide bonds. The second-order valence-corrected chi connectivity index (χ2v) is 7.92. The fraction of sp³-hybridized carbons (Fsp3) is 0.524. The zero-order valence-electron chi connectivity index (χ0n) is 18.6. The Bertz CT molecular complexity index is 879. The van der Waals surface area contributed by atoms with Gasteiger partial charge in [0.15, 0.2) is 17.8 Å². The molecule has 10 heteroatoms. The number of aryl methyl sites for hydroxylation is 1. The van der Waals surface area contributed by atoms with Crippen molar-refractivity contribution in [3.63, 3.8) is 0 Å². The van der Waals surface area contributed by atoms with Crippen LogP contribution in [0.2, 0.25) is 0 Å². The summed E-state index contributed by atoms with van der Waals surface area (Å²) < 4.78 is 39.5. The highest BCUT2D eigenvalue weighted by molar-refractivity contribution is 7.84. The third-order valence-electron chi connectivity index (χ3n) is 4.28. The quantitative estimate of drug-likeness (QED) is 0.460. The van der Waals surface area contributed by atoms with Crippen molar-refractivity contribution in [2.45, 2.75) is 32.8 Å². The average Bonchev–Trinajstić information content (AvgIpc) is 3.11. The molecule has 2 rings (SSSR count). The number of hydrogen-bond donors (Lipinski definition) is 1. The first kappa shape index (κ1) is 24.8. The molecule has 0 saturated carbocycles. The minimum absolute atomic E-state index is 0.108. The van der Waals surface area contributed by atoms with Crippen LogP contribution in [-0.4, -0.2) is 61.1 Å². The van der Waals surface area contributed by atoms with Crippen molar-refractivity contribution in [1.82, 2.24) is 10.3 Å². The summed E-state index contributed by atoms with van der Waals surface area (Å²) in [5.41, 5.74) is 1.24. The van der Waals surface area contributed by atoms with Crippen molar-refractivity contribution in [2.24, 2.45) is 0 Å². The number of benzene rings is 1. The molecular weight excluding hydrogens is 424 g/mol. The molecule has 1 aromatic carbocycles. The van der Waals surface area contributed by atoms with Crippen LogP contribution in [0.3, 0.4) is 0 Å². The van der Waals surface area contributed by atoms with Crippen molar-refractivity contribution in [3.05, 3.63) is 29.7 Å². The van der Waals surface area contributed by atoms with Crippen LogP contribution in [0.25, 0.3) is 11.5 Å². The van der Waals surface area contributed by atoms with E-state index in [4.69, 9.17) is 23.4 Å². The maximum absolute atomic E-state index is 12.5. The molecule has 2 aromatic rings. The molecule has 31 heavy (non-hydrogen) atoms. The van der Waals surface area contributed by atoms with Crippen LogP contribution >= 0.6 is 0 Å². The summed E-state index contributed by atoms with van der Waals surface area (Å²) in [6.07, 6.45) is -0.519. The van der Waals surface area contributed by atoms with Crippen LogP contribution in [0.4, 0.5) is 0 Å². The summed E-state index contributed by atoms with van der Waals surface area (Å²) in [6.45, 7) is 6.59. The first-order chi connectivity index (χ1) is 14.9. The van der Waals surface area contributed by atoms with Gasteiger partial charge in [-0.05, 0) is 39.0 Å². The number of ether oxygens (including phenoxy) is 4. The maximum Gasteiger partial charge on any atom is 0.232 e. The van der Waals surface area contributed by atoms with Crippen LogP contribution in [0.15, 0.2) is 22.6 Å². The Labute approximate surface area is 184 Å². The van der Waals surface area contributed by atoms with E-state index in [0.29, 0.717) is 47.6 Å². The zero-order valence-corrected chi connectivity index (χ0v) is 19.4. The van der Waals surface area contributed by atoms with E-state index in [9.17, 15) is 9.00 Å². The van der Waals surface area contributed by atoms with Crippen molar-refractivity contribution in [2.75, 3.05) is 39.7 Å². The van der Waals surface area contributed by atoms with E-state index in [1.54, 1.807) is 39.3 Å². The summed E-state index contributed by atoms with van der Waals surface area (Å²) >= 11 is 0. The molecule has 0 fully saturated rings. The second-order valence-electron chi connectivity index (χ2n) is 6.46. The maximum atomic E-state index is 12.5. The number of hydrogen-bond acceptors (Lipinski definition) is 8. The SMILES string of the molecule is CCOC(CNC(=O)C[S@](=O)Cc1nc(-c2ccc(OC)c(OC)c2)oc1C)OCC. The highest BCUT2D eigenvalue weighted by atomic mass is 32.2. The van der Waals surface area contributed by atoms with E-state index in [2.05, 4.69) is 10.3 Å². The van der Waals surface area contributed by atoms with Crippen molar-refractivity contribution < 1.29 is 32.4 Å². The molecule has 1 heterocycles. The number of oxazole rings is 1. The Kier molecular flexibility index (Phi) is 9.96. The Hall–Kier alpha value is -2.43. The largest absolute Gasteiger partial charge is 0.493 e. The van der Waals surface area contributed by atoms with Gasteiger partial charge in [0.2, 0.25) is 11.8 Å². The molecule has 0 spiro atoms. The van der Waals surface area contributed by atoms with Gasteiger partial charge in [0.05, 0.1) is 32.2 Å². The smallest absolute Gasteiger partial charge is 0.232 e. The molecular formula is C21H30N2O7S.